The van der Waals surface area contributed by atoms with Gasteiger partial charge >= 0.3 is 0 Å². The fourth-order valence-corrected chi connectivity index (χ4v) is 8.68. The lowest BCUT2D eigenvalue weighted by Crippen LogP contribution is -2.55. The third-order valence-corrected chi connectivity index (χ3v) is 10.1. The maximum atomic E-state index is 12.6. The summed E-state index contributed by atoms with van der Waals surface area (Å²) >= 11 is 0. The lowest BCUT2D eigenvalue weighted by Gasteiger charge is -2.60. The molecule has 0 aromatic carbocycles. The second-order valence-electron chi connectivity index (χ2n) is 10.8. The standard InChI is InChI=1S/C24H36O2/c1-23-12-11-20-18(19(23)9-10-22(23)26)8-7-16-13-17(25)14-21(24(16,20)2)15-5-3-4-6-15/h13,15,18-22,26H,3-12,14H2,1-2H3/t18-,19-,20-,21?,22-,23-,24-/m0/s1. The maximum Gasteiger partial charge on any atom is 0.155 e. The molecule has 1 N–H and O–H groups in total. The highest BCUT2D eigenvalue weighted by Crippen LogP contribution is 2.67. The average molecular weight is 357 g/mol. The van der Waals surface area contributed by atoms with Gasteiger partial charge in [-0.3, -0.25) is 4.79 Å². The van der Waals surface area contributed by atoms with Gasteiger partial charge in [-0.15, -0.1) is 0 Å². The summed E-state index contributed by atoms with van der Waals surface area (Å²) in [6, 6.07) is 0. The molecule has 0 saturated heterocycles. The van der Waals surface area contributed by atoms with E-state index < -0.39 is 0 Å². The summed E-state index contributed by atoms with van der Waals surface area (Å²) in [6.07, 6.45) is 15.3. The third kappa shape index (κ3) is 2.23. The number of fused-ring (bicyclic) bond motifs is 5. The summed E-state index contributed by atoms with van der Waals surface area (Å²) in [5, 5.41) is 10.7. The molecule has 0 spiro atoms. The predicted molar refractivity (Wildman–Crippen MR) is 104 cm³/mol. The molecule has 1 unspecified atom stereocenters. The van der Waals surface area contributed by atoms with Crippen LogP contribution in [-0.4, -0.2) is 17.0 Å². The smallest absolute Gasteiger partial charge is 0.155 e. The predicted octanol–water partition coefficient (Wildman–Crippen LogP) is 5.30. The second kappa shape index (κ2) is 5.93. The molecule has 26 heavy (non-hydrogen) atoms. The molecule has 2 heteroatoms. The zero-order chi connectivity index (χ0) is 18.1. The highest BCUT2D eigenvalue weighted by Gasteiger charge is 2.61. The number of carbonyl (C=O) groups is 1. The molecule has 144 valence electrons. The van der Waals surface area contributed by atoms with Crippen molar-refractivity contribution in [2.75, 3.05) is 0 Å². The summed E-state index contributed by atoms with van der Waals surface area (Å²) in [5.74, 6) is 3.98. The SMILES string of the molecule is C[C@]12CC[C@H]3[C@@H](CCC4=CC(=O)CC(C5CCCC5)[C@@]43C)[C@@H]1CC[C@@H]2O. The summed E-state index contributed by atoms with van der Waals surface area (Å²) in [6.45, 7) is 4.93. The first kappa shape index (κ1) is 17.5. The molecule has 4 saturated carbocycles. The molecule has 4 fully saturated rings. The Bertz CT molecular complexity index is 630. The van der Waals surface area contributed by atoms with Gasteiger partial charge in [0.15, 0.2) is 5.78 Å². The molecule has 0 bridgehead atoms. The van der Waals surface area contributed by atoms with E-state index in [9.17, 15) is 9.90 Å². The van der Waals surface area contributed by atoms with Crippen molar-refractivity contribution in [2.24, 2.45) is 40.4 Å². The Balaban J connectivity index is 1.53. The van der Waals surface area contributed by atoms with Crippen molar-refractivity contribution in [3.05, 3.63) is 11.6 Å². The molecule has 0 aromatic rings. The minimum Gasteiger partial charge on any atom is -0.393 e. The number of rotatable bonds is 1. The van der Waals surface area contributed by atoms with Crippen molar-refractivity contribution in [2.45, 2.75) is 90.6 Å². The van der Waals surface area contributed by atoms with Crippen LogP contribution in [0.4, 0.5) is 0 Å². The number of hydrogen-bond acceptors (Lipinski definition) is 2. The van der Waals surface area contributed by atoms with Gasteiger partial charge in [0.25, 0.3) is 0 Å². The van der Waals surface area contributed by atoms with Gasteiger partial charge in [-0.05, 0) is 85.0 Å². The number of ketones is 1. The van der Waals surface area contributed by atoms with Crippen LogP contribution in [0.1, 0.15) is 84.5 Å². The molecule has 0 aliphatic heterocycles. The first-order chi connectivity index (χ1) is 12.4. The zero-order valence-electron chi connectivity index (χ0n) is 16.7. The minimum absolute atomic E-state index is 0.0863. The Morgan fingerprint density at radius 3 is 2.50 bits per heavy atom. The van der Waals surface area contributed by atoms with Crippen LogP contribution in [0, 0.1) is 40.4 Å². The Hall–Kier alpha value is -0.630. The quantitative estimate of drug-likeness (QED) is 0.692. The van der Waals surface area contributed by atoms with Gasteiger partial charge in [-0.2, -0.15) is 0 Å². The molecule has 0 heterocycles. The molecule has 5 aliphatic carbocycles. The Morgan fingerprint density at radius 1 is 0.962 bits per heavy atom. The van der Waals surface area contributed by atoms with E-state index >= 15 is 0 Å². The van der Waals surface area contributed by atoms with E-state index in [-0.39, 0.29) is 16.9 Å². The first-order valence-corrected chi connectivity index (χ1v) is 11.4. The summed E-state index contributed by atoms with van der Waals surface area (Å²) in [5.41, 5.74) is 1.92. The van der Waals surface area contributed by atoms with Crippen LogP contribution in [0.2, 0.25) is 0 Å². The average Bonchev–Trinajstić information content (AvgIpc) is 3.24. The molecule has 5 aliphatic rings. The molecule has 2 nitrogen and oxygen atoms in total. The van der Waals surface area contributed by atoms with E-state index in [4.69, 9.17) is 0 Å². The number of hydrogen-bond donors (Lipinski definition) is 1. The van der Waals surface area contributed by atoms with Gasteiger partial charge in [-0.1, -0.05) is 45.1 Å². The van der Waals surface area contributed by atoms with E-state index in [2.05, 4.69) is 19.9 Å². The largest absolute Gasteiger partial charge is 0.393 e. The van der Waals surface area contributed by atoms with Gasteiger partial charge in [0, 0.05) is 6.42 Å². The normalized spacial score (nSPS) is 51.6. The van der Waals surface area contributed by atoms with Gasteiger partial charge in [0.1, 0.15) is 0 Å². The van der Waals surface area contributed by atoms with Gasteiger partial charge in [0.2, 0.25) is 0 Å². The van der Waals surface area contributed by atoms with Crippen molar-refractivity contribution in [3.63, 3.8) is 0 Å². The van der Waals surface area contributed by atoms with Crippen molar-refractivity contribution in [1.82, 2.24) is 0 Å². The van der Waals surface area contributed by atoms with Crippen LogP contribution in [-0.2, 0) is 4.79 Å². The van der Waals surface area contributed by atoms with Crippen LogP contribution in [0.3, 0.4) is 0 Å². The Labute approximate surface area is 158 Å². The van der Waals surface area contributed by atoms with Gasteiger partial charge in [-0.25, -0.2) is 0 Å². The third-order valence-electron chi connectivity index (χ3n) is 10.1. The molecular weight excluding hydrogens is 320 g/mol. The number of aliphatic hydroxyl groups excluding tert-OH is 1. The van der Waals surface area contributed by atoms with Gasteiger partial charge < -0.3 is 5.11 Å². The lowest BCUT2D eigenvalue weighted by atomic mass is 9.44. The number of allylic oxidation sites excluding steroid dienone is 1. The highest BCUT2D eigenvalue weighted by molar-refractivity contribution is 5.92. The van der Waals surface area contributed by atoms with E-state index in [0.29, 0.717) is 17.6 Å². The van der Waals surface area contributed by atoms with Crippen molar-refractivity contribution in [1.29, 1.82) is 0 Å². The molecule has 0 radical (unpaired) electrons. The van der Waals surface area contributed by atoms with Crippen LogP contribution < -0.4 is 0 Å². The van der Waals surface area contributed by atoms with Crippen LogP contribution >= 0.6 is 0 Å². The minimum atomic E-state index is -0.0863. The molecule has 0 aromatic heterocycles. The Morgan fingerprint density at radius 2 is 1.73 bits per heavy atom. The molecule has 0 amide bonds. The Kier molecular flexibility index (Phi) is 3.98. The van der Waals surface area contributed by atoms with Gasteiger partial charge in [0.05, 0.1) is 6.10 Å². The monoisotopic (exact) mass is 356 g/mol. The van der Waals surface area contributed by atoms with Crippen molar-refractivity contribution in [3.8, 4) is 0 Å². The molecule has 5 rings (SSSR count). The van der Waals surface area contributed by atoms with Crippen molar-refractivity contribution >= 4 is 5.78 Å². The molecular formula is C24H36O2. The number of carbonyl (C=O) groups excluding carboxylic acids is 1. The topological polar surface area (TPSA) is 37.3 Å². The van der Waals surface area contributed by atoms with Crippen LogP contribution in [0.5, 0.6) is 0 Å². The lowest BCUT2D eigenvalue weighted by molar-refractivity contribution is -0.124. The molecule has 7 atom stereocenters. The second-order valence-corrected chi connectivity index (χ2v) is 10.8. The highest BCUT2D eigenvalue weighted by atomic mass is 16.3. The summed E-state index contributed by atoms with van der Waals surface area (Å²) in [7, 11) is 0. The number of aliphatic hydroxyl groups is 1. The zero-order valence-corrected chi connectivity index (χ0v) is 16.7. The summed E-state index contributed by atoms with van der Waals surface area (Å²) < 4.78 is 0. The van der Waals surface area contributed by atoms with E-state index in [0.717, 1.165) is 37.0 Å². The van der Waals surface area contributed by atoms with Crippen molar-refractivity contribution < 1.29 is 9.90 Å². The van der Waals surface area contributed by atoms with E-state index in [1.54, 1.807) is 0 Å². The van der Waals surface area contributed by atoms with Crippen LogP contribution in [0.25, 0.3) is 0 Å². The fourth-order valence-electron chi connectivity index (χ4n) is 8.68. The van der Waals surface area contributed by atoms with E-state index in [1.807, 2.05) is 0 Å². The summed E-state index contributed by atoms with van der Waals surface area (Å²) in [4.78, 5) is 12.6. The maximum absolute atomic E-state index is 12.6. The first-order valence-electron chi connectivity index (χ1n) is 11.4. The van der Waals surface area contributed by atoms with E-state index in [1.165, 1.54) is 56.9 Å². The fraction of sp³-hybridized carbons (Fsp3) is 0.875. The van der Waals surface area contributed by atoms with Crippen LogP contribution in [0.15, 0.2) is 11.6 Å².